The quantitative estimate of drug-likeness (QED) is 0.824. The third-order valence-electron chi connectivity index (χ3n) is 2.39. The Labute approximate surface area is 99.4 Å². The summed E-state index contributed by atoms with van der Waals surface area (Å²) in [7, 11) is 0.736. The Kier molecular flexibility index (Phi) is 5.49. The predicted octanol–water partition coefficient (Wildman–Crippen LogP) is 1.68. The van der Waals surface area contributed by atoms with Gasteiger partial charge in [0.25, 0.3) is 0 Å². The van der Waals surface area contributed by atoms with E-state index < -0.39 is 10.8 Å². The van der Waals surface area contributed by atoms with Gasteiger partial charge in [-0.25, -0.2) is 0 Å². The maximum atomic E-state index is 11.8. The number of methoxy groups -OCH3 is 1. The van der Waals surface area contributed by atoms with Crippen molar-refractivity contribution in [1.82, 2.24) is 0 Å². The van der Waals surface area contributed by atoms with Crippen LogP contribution in [-0.2, 0) is 16.6 Å². The third-order valence-corrected chi connectivity index (χ3v) is 3.84. The fourth-order valence-corrected chi connectivity index (χ4v) is 2.75. The maximum absolute atomic E-state index is 11.8. The molecule has 4 heteroatoms. The zero-order valence-electron chi connectivity index (χ0n) is 9.81. The van der Waals surface area contributed by atoms with Gasteiger partial charge in [0.15, 0.2) is 0 Å². The summed E-state index contributed by atoms with van der Waals surface area (Å²) in [6.07, 6.45) is 0.865. The van der Waals surface area contributed by atoms with Crippen LogP contribution in [0.5, 0.6) is 5.75 Å². The van der Waals surface area contributed by atoms with E-state index in [4.69, 9.17) is 10.5 Å². The molecule has 0 aliphatic rings. The first-order chi connectivity index (χ1) is 7.65. The molecule has 1 rings (SSSR count). The molecule has 0 saturated heterocycles. The molecule has 1 aromatic carbocycles. The molecule has 16 heavy (non-hydrogen) atoms. The summed E-state index contributed by atoms with van der Waals surface area (Å²) in [6.45, 7) is 2.01. The van der Waals surface area contributed by atoms with Crippen molar-refractivity contribution in [2.45, 2.75) is 25.1 Å². The van der Waals surface area contributed by atoms with Gasteiger partial charge in [-0.05, 0) is 24.1 Å². The van der Waals surface area contributed by atoms with Crippen LogP contribution >= 0.6 is 0 Å². The lowest BCUT2D eigenvalue weighted by atomic mass is 10.2. The van der Waals surface area contributed by atoms with Crippen molar-refractivity contribution < 1.29 is 8.95 Å². The van der Waals surface area contributed by atoms with Gasteiger partial charge in [-0.3, -0.25) is 4.21 Å². The smallest absolute Gasteiger partial charge is 0.119 e. The molecule has 0 aliphatic carbocycles. The van der Waals surface area contributed by atoms with Crippen LogP contribution in [0.15, 0.2) is 24.3 Å². The fraction of sp³-hybridized carbons (Fsp3) is 0.500. The topological polar surface area (TPSA) is 52.3 Å². The molecule has 2 atom stereocenters. The molecule has 0 aliphatic heterocycles. The van der Waals surface area contributed by atoms with Crippen LogP contribution in [0.1, 0.15) is 18.9 Å². The van der Waals surface area contributed by atoms with Crippen LogP contribution in [0.4, 0.5) is 0 Å². The van der Waals surface area contributed by atoms with Crippen LogP contribution in [0.25, 0.3) is 0 Å². The lowest BCUT2D eigenvalue weighted by molar-refractivity contribution is 0.414. The Hall–Kier alpha value is -0.870. The van der Waals surface area contributed by atoms with E-state index in [-0.39, 0.29) is 6.04 Å². The molecule has 3 nitrogen and oxygen atoms in total. The van der Waals surface area contributed by atoms with Gasteiger partial charge in [0.2, 0.25) is 0 Å². The normalized spacial score (nSPS) is 14.4. The van der Waals surface area contributed by atoms with Gasteiger partial charge in [-0.1, -0.05) is 19.1 Å². The van der Waals surface area contributed by atoms with Gasteiger partial charge in [-0.15, -0.1) is 0 Å². The first kappa shape index (κ1) is 13.2. The molecule has 2 N–H and O–H groups in total. The standard InChI is InChI=1S/C12H19NO2S/c1-3-11(13)9-16(14)8-10-5-4-6-12(7-10)15-2/h4-7,11H,3,8-9,13H2,1-2H3. The Morgan fingerprint density at radius 1 is 1.50 bits per heavy atom. The zero-order chi connectivity index (χ0) is 12.0. The van der Waals surface area contributed by atoms with Crippen molar-refractivity contribution in [1.29, 1.82) is 0 Å². The number of nitrogens with two attached hydrogens (primary N) is 1. The van der Waals surface area contributed by atoms with E-state index in [1.165, 1.54) is 0 Å². The lowest BCUT2D eigenvalue weighted by Crippen LogP contribution is -2.26. The van der Waals surface area contributed by atoms with Crippen molar-refractivity contribution in [2.75, 3.05) is 12.9 Å². The van der Waals surface area contributed by atoms with E-state index in [1.54, 1.807) is 7.11 Å². The minimum absolute atomic E-state index is 0.0337. The highest BCUT2D eigenvalue weighted by Crippen LogP contribution is 2.14. The molecule has 0 aromatic heterocycles. The van der Waals surface area contributed by atoms with Crippen molar-refractivity contribution in [3.63, 3.8) is 0 Å². The second kappa shape index (κ2) is 6.66. The number of hydrogen-bond donors (Lipinski definition) is 1. The summed E-state index contributed by atoms with van der Waals surface area (Å²) in [6, 6.07) is 7.69. The van der Waals surface area contributed by atoms with Crippen molar-refractivity contribution in [3.8, 4) is 5.75 Å². The zero-order valence-corrected chi connectivity index (χ0v) is 10.6. The fourth-order valence-electron chi connectivity index (χ4n) is 1.36. The summed E-state index contributed by atoms with van der Waals surface area (Å²) in [5, 5.41) is 0. The summed E-state index contributed by atoms with van der Waals surface area (Å²) in [4.78, 5) is 0. The molecular weight excluding hydrogens is 222 g/mol. The minimum Gasteiger partial charge on any atom is -0.497 e. The summed E-state index contributed by atoms with van der Waals surface area (Å²) >= 11 is 0. The highest BCUT2D eigenvalue weighted by atomic mass is 32.2. The molecule has 0 saturated carbocycles. The highest BCUT2D eigenvalue weighted by Gasteiger charge is 2.07. The molecular formula is C12H19NO2S. The van der Waals surface area contributed by atoms with Crippen LogP contribution < -0.4 is 10.5 Å². The molecule has 2 unspecified atom stereocenters. The van der Waals surface area contributed by atoms with E-state index in [9.17, 15) is 4.21 Å². The number of hydrogen-bond acceptors (Lipinski definition) is 3. The number of ether oxygens (including phenoxy) is 1. The largest absolute Gasteiger partial charge is 0.497 e. The Bertz CT molecular complexity index is 355. The second-order valence-corrected chi connectivity index (χ2v) is 5.27. The summed E-state index contributed by atoms with van der Waals surface area (Å²) in [5.41, 5.74) is 6.79. The van der Waals surface area contributed by atoms with E-state index in [0.29, 0.717) is 11.5 Å². The maximum Gasteiger partial charge on any atom is 0.119 e. The molecule has 0 amide bonds. The van der Waals surface area contributed by atoms with Crippen LogP contribution in [0, 0.1) is 0 Å². The van der Waals surface area contributed by atoms with E-state index in [0.717, 1.165) is 17.7 Å². The van der Waals surface area contributed by atoms with E-state index in [1.807, 2.05) is 31.2 Å². The molecule has 90 valence electrons. The Morgan fingerprint density at radius 2 is 2.25 bits per heavy atom. The van der Waals surface area contributed by atoms with Crippen LogP contribution in [-0.4, -0.2) is 23.1 Å². The SMILES string of the molecule is CCC(N)CS(=O)Cc1cccc(OC)c1. The van der Waals surface area contributed by atoms with Gasteiger partial charge in [0.1, 0.15) is 5.75 Å². The third kappa shape index (κ3) is 4.33. The molecule has 1 aromatic rings. The van der Waals surface area contributed by atoms with Gasteiger partial charge < -0.3 is 10.5 Å². The number of rotatable bonds is 6. The molecule has 0 spiro atoms. The van der Waals surface area contributed by atoms with Crippen molar-refractivity contribution in [3.05, 3.63) is 29.8 Å². The average molecular weight is 241 g/mol. The monoisotopic (exact) mass is 241 g/mol. The van der Waals surface area contributed by atoms with Gasteiger partial charge in [0, 0.05) is 28.3 Å². The van der Waals surface area contributed by atoms with E-state index in [2.05, 4.69) is 0 Å². The molecule has 0 heterocycles. The summed E-state index contributed by atoms with van der Waals surface area (Å²) in [5.74, 6) is 1.91. The highest BCUT2D eigenvalue weighted by molar-refractivity contribution is 7.84. The lowest BCUT2D eigenvalue weighted by Gasteiger charge is -2.08. The second-order valence-electron chi connectivity index (χ2n) is 3.77. The number of benzene rings is 1. The first-order valence-corrected chi connectivity index (χ1v) is 6.88. The molecule has 0 bridgehead atoms. The molecule has 0 radical (unpaired) electrons. The van der Waals surface area contributed by atoms with E-state index >= 15 is 0 Å². The predicted molar refractivity (Wildman–Crippen MR) is 68.0 cm³/mol. The van der Waals surface area contributed by atoms with Crippen molar-refractivity contribution >= 4 is 10.8 Å². The van der Waals surface area contributed by atoms with Crippen LogP contribution in [0.2, 0.25) is 0 Å². The Balaban J connectivity index is 2.55. The first-order valence-electron chi connectivity index (χ1n) is 5.39. The summed E-state index contributed by atoms with van der Waals surface area (Å²) < 4.78 is 16.9. The Morgan fingerprint density at radius 3 is 2.88 bits per heavy atom. The van der Waals surface area contributed by atoms with Crippen LogP contribution in [0.3, 0.4) is 0 Å². The average Bonchev–Trinajstić information content (AvgIpc) is 2.28. The van der Waals surface area contributed by atoms with Gasteiger partial charge in [-0.2, -0.15) is 0 Å². The minimum atomic E-state index is -0.892. The van der Waals surface area contributed by atoms with Gasteiger partial charge in [0.05, 0.1) is 7.11 Å². The molecule has 0 fully saturated rings. The van der Waals surface area contributed by atoms with Crippen molar-refractivity contribution in [2.24, 2.45) is 5.73 Å². The van der Waals surface area contributed by atoms with Gasteiger partial charge >= 0.3 is 0 Å².